The minimum absolute atomic E-state index is 0.360. The maximum Gasteiger partial charge on any atom is 0.223 e. The molecular weight excluding hydrogens is 214 g/mol. The van der Waals surface area contributed by atoms with Gasteiger partial charge < -0.3 is 10.6 Å². The van der Waals surface area contributed by atoms with E-state index in [1.165, 1.54) is 12.8 Å². The molecule has 5 nitrogen and oxygen atoms in total. The zero-order chi connectivity index (χ0) is 12.0. The van der Waals surface area contributed by atoms with Gasteiger partial charge >= 0.3 is 0 Å². The molecular formula is C12H19N5. The molecule has 0 aliphatic carbocycles. The van der Waals surface area contributed by atoms with Crippen LogP contribution in [0, 0.1) is 6.92 Å². The first-order valence-corrected chi connectivity index (χ1v) is 6.33. The number of aromatic nitrogens is 3. The number of hydrogen-bond donors (Lipinski definition) is 1. The second kappa shape index (κ2) is 3.91. The summed E-state index contributed by atoms with van der Waals surface area (Å²) in [6.07, 6.45) is 4.96. The lowest BCUT2D eigenvalue weighted by atomic mass is 9.90. The summed E-state index contributed by atoms with van der Waals surface area (Å²) < 4.78 is 0. The highest BCUT2D eigenvalue weighted by Crippen LogP contribution is 2.41. The van der Waals surface area contributed by atoms with Gasteiger partial charge in [0.15, 0.2) is 0 Å². The SMILES string of the molecule is Cc1nc(N)nc(C2CC3CCC(C2)N3C)n1. The van der Waals surface area contributed by atoms with Crippen LogP contribution in [0.2, 0.25) is 0 Å². The molecule has 2 fully saturated rings. The zero-order valence-corrected chi connectivity index (χ0v) is 10.4. The van der Waals surface area contributed by atoms with E-state index in [1.807, 2.05) is 6.92 Å². The molecule has 5 heteroatoms. The largest absolute Gasteiger partial charge is 0.368 e. The van der Waals surface area contributed by atoms with E-state index in [2.05, 4.69) is 26.9 Å². The van der Waals surface area contributed by atoms with Gasteiger partial charge in [-0.15, -0.1) is 0 Å². The Balaban J connectivity index is 1.86. The number of anilines is 1. The van der Waals surface area contributed by atoms with Gasteiger partial charge in [-0.1, -0.05) is 0 Å². The predicted octanol–water partition coefficient (Wildman–Crippen LogP) is 1.10. The van der Waals surface area contributed by atoms with Gasteiger partial charge in [-0.05, 0) is 39.7 Å². The summed E-state index contributed by atoms with van der Waals surface area (Å²) in [6, 6.07) is 1.41. The summed E-state index contributed by atoms with van der Waals surface area (Å²) in [5.74, 6) is 2.46. The third-order valence-corrected chi connectivity index (χ3v) is 4.25. The van der Waals surface area contributed by atoms with E-state index < -0.39 is 0 Å². The summed E-state index contributed by atoms with van der Waals surface area (Å²) >= 11 is 0. The van der Waals surface area contributed by atoms with Crippen molar-refractivity contribution in [2.75, 3.05) is 12.8 Å². The highest BCUT2D eigenvalue weighted by Gasteiger charge is 2.39. The Morgan fingerprint density at radius 2 is 1.76 bits per heavy atom. The van der Waals surface area contributed by atoms with Gasteiger partial charge in [0, 0.05) is 18.0 Å². The van der Waals surface area contributed by atoms with Crippen molar-refractivity contribution in [3.63, 3.8) is 0 Å². The van der Waals surface area contributed by atoms with Gasteiger partial charge in [0.1, 0.15) is 11.6 Å². The number of piperidine rings is 1. The van der Waals surface area contributed by atoms with Crippen LogP contribution >= 0.6 is 0 Å². The fourth-order valence-corrected chi connectivity index (χ4v) is 3.33. The Morgan fingerprint density at radius 3 is 2.35 bits per heavy atom. The van der Waals surface area contributed by atoms with E-state index >= 15 is 0 Å². The molecule has 2 aliphatic heterocycles. The van der Waals surface area contributed by atoms with Crippen LogP contribution in [0.1, 0.15) is 43.3 Å². The van der Waals surface area contributed by atoms with Gasteiger partial charge in [0.25, 0.3) is 0 Å². The Hall–Kier alpha value is -1.23. The normalized spacial score (nSPS) is 32.9. The number of rotatable bonds is 1. The zero-order valence-electron chi connectivity index (χ0n) is 10.4. The van der Waals surface area contributed by atoms with E-state index in [1.54, 1.807) is 0 Å². The number of hydrogen-bond acceptors (Lipinski definition) is 5. The average Bonchev–Trinajstić information content (AvgIpc) is 2.51. The van der Waals surface area contributed by atoms with Gasteiger partial charge in [-0.25, -0.2) is 4.98 Å². The molecule has 0 saturated carbocycles. The lowest BCUT2D eigenvalue weighted by Gasteiger charge is -2.35. The molecule has 3 rings (SSSR count). The monoisotopic (exact) mass is 233 g/mol. The van der Waals surface area contributed by atoms with E-state index in [0.29, 0.717) is 23.9 Å². The smallest absolute Gasteiger partial charge is 0.223 e. The van der Waals surface area contributed by atoms with Crippen LogP contribution in [0.4, 0.5) is 5.95 Å². The van der Waals surface area contributed by atoms with Crippen molar-refractivity contribution in [3.05, 3.63) is 11.6 Å². The van der Waals surface area contributed by atoms with Gasteiger partial charge in [0.2, 0.25) is 5.95 Å². The highest BCUT2D eigenvalue weighted by molar-refractivity contribution is 5.18. The van der Waals surface area contributed by atoms with Crippen molar-refractivity contribution in [1.82, 2.24) is 19.9 Å². The number of fused-ring (bicyclic) bond motifs is 2. The summed E-state index contributed by atoms with van der Waals surface area (Å²) in [7, 11) is 2.24. The Labute approximate surface area is 101 Å². The maximum atomic E-state index is 5.71. The summed E-state index contributed by atoms with van der Waals surface area (Å²) in [5.41, 5.74) is 5.71. The maximum absolute atomic E-state index is 5.71. The fraction of sp³-hybridized carbons (Fsp3) is 0.750. The molecule has 2 N–H and O–H groups in total. The second-order valence-electron chi connectivity index (χ2n) is 5.32. The molecule has 1 aromatic rings. The topological polar surface area (TPSA) is 67.9 Å². The van der Waals surface area contributed by atoms with Crippen molar-refractivity contribution in [1.29, 1.82) is 0 Å². The molecule has 1 aromatic heterocycles. The summed E-state index contributed by atoms with van der Waals surface area (Å²) in [6.45, 7) is 1.88. The quantitative estimate of drug-likeness (QED) is 0.786. The van der Waals surface area contributed by atoms with Crippen LogP contribution in [0.3, 0.4) is 0 Å². The summed E-state index contributed by atoms with van der Waals surface area (Å²) in [5, 5.41) is 0. The molecule has 0 amide bonds. The molecule has 2 atom stereocenters. The first-order chi connectivity index (χ1) is 8.13. The van der Waals surface area contributed by atoms with E-state index in [-0.39, 0.29) is 0 Å². The molecule has 2 bridgehead atoms. The summed E-state index contributed by atoms with van der Waals surface area (Å²) in [4.78, 5) is 15.3. The third-order valence-electron chi connectivity index (χ3n) is 4.25. The molecule has 2 unspecified atom stereocenters. The second-order valence-corrected chi connectivity index (χ2v) is 5.32. The standard InChI is InChI=1S/C12H19N5/c1-7-14-11(16-12(13)15-7)8-5-9-3-4-10(6-8)17(9)2/h8-10H,3-6H2,1-2H3,(H2,13,14,15,16). The van der Waals surface area contributed by atoms with Crippen LogP contribution in [0.5, 0.6) is 0 Å². The van der Waals surface area contributed by atoms with E-state index in [9.17, 15) is 0 Å². The Kier molecular flexibility index (Phi) is 2.50. The average molecular weight is 233 g/mol. The molecule has 0 spiro atoms. The lowest BCUT2D eigenvalue weighted by molar-refractivity contribution is 0.158. The number of nitrogens with zero attached hydrogens (tertiary/aromatic N) is 4. The van der Waals surface area contributed by atoms with Crippen molar-refractivity contribution in [3.8, 4) is 0 Å². The lowest BCUT2D eigenvalue weighted by Crippen LogP contribution is -2.39. The molecule has 17 heavy (non-hydrogen) atoms. The van der Waals surface area contributed by atoms with Crippen LogP contribution in [0.15, 0.2) is 0 Å². The first kappa shape index (κ1) is 10.9. The third kappa shape index (κ3) is 1.88. The van der Waals surface area contributed by atoms with Gasteiger partial charge in [-0.3, -0.25) is 0 Å². The number of aryl methyl sites for hydroxylation is 1. The van der Waals surface area contributed by atoms with Crippen LogP contribution in [-0.4, -0.2) is 39.0 Å². The van der Waals surface area contributed by atoms with Crippen molar-refractivity contribution in [2.45, 2.75) is 50.6 Å². The molecule has 0 aromatic carbocycles. The highest BCUT2D eigenvalue weighted by atomic mass is 15.2. The van der Waals surface area contributed by atoms with Gasteiger partial charge in [0.05, 0.1) is 0 Å². The van der Waals surface area contributed by atoms with Crippen molar-refractivity contribution >= 4 is 5.95 Å². The van der Waals surface area contributed by atoms with E-state index in [4.69, 9.17) is 5.73 Å². The molecule has 92 valence electrons. The number of nitrogens with two attached hydrogens (primary N) is 1. The van der Waals surface area contributed by atoms with E-state index in [0.717, 1.165) is 24.5 Å². The molecule has 3 heterocycles. The van der Waals surface area contributed by atoms with Crippen molar-refractivity contribution < 1.29 is 0 Å². The minimum Gasteiger partial charge on any atom is -0.368 e. The number of nitrogen functional groups attached to an aromatic ring is 1. The fourth-order valence-electron chi connectivity index (χ4n) is 3.33. The minimum atomic E-state index is 0.360. The first-order valence-electron chi connectivity index (χ1n) is 6.33. The Morgan fingerprint density at radius 1 is 1.12 bits per heavy atom. The predicted molar refractivity (Wildman–Crippen MR) is 65.5 cm³/mol. The van der Waals surface area contributed by atoms with Crippen LogP contribution < -0.4 is 5.73 Å². The molecule has 0 radical (unpaired) electrons. The Bertz CT molecular complexity index is 399. The molecule has 2 saturated heterocycles. The van der Waals surface area contributed by atoms with Crippen molar-refractivity contribution in [2.24, 2.45) is 0 Å². The van der Waals surface area contributed by atoms with Gasteiger partial charge in [-0.2, -0.15) is 9.97 Å². The van der Waals surface area contributed by atoms with Crippen LogP contribution in [0.25, 0.3) is 0 Å². The molecule has 2 aliphatic rings. The van der Waals surface area contributed by atoms with Crippen LogP contribution in [-0.2, 0) is 0 Å².